The molecule has 13 heavy (non-hydrogen) atoms. The van der Waals surface area contributed by atoms with Crippen molar-refractivity contribution >= 4 is 23.1 Å². The van der Waals surface area contributed by atoms with Gasteiger partial charge < -0.3 is 10.6 Å². The second-order valence-electron chi connectivity index (χ2n) is 2.99. The van der Waals surface area contributed by atoms with Gasteiger partial charge in [-0.3, -0.25) is 0 Å². The molecule has 1 rings (SSSR count). The van der Waals surface area contributed by atoms with Crippen LogP contribution in [-0.2, 0) is 0 Å². The van der Waals surface area contributed by atoms with Gasteiger partial charge in [0.15, 0.2) is 5.82 Å². The van der Waals surface area contributed by atoms with Crippen LogP contribution in [0.2, 0.25) is 5.02 Å². The van der Waals surface area contributed by atoms with Crippen molar-refractivity contribution in [1.29, 1.82) is 0 Å². The van der Waals surface area contributed by atoms with Crippen LogP contribution in [-0.4, -0.2) is 18.6 Å². The molecule has 0 saturated carbocycles. The largest absolute Gasteiger partial charge is 0.396 e. The van der Waals surface area contributed by atoms with Gasteiger partial charge in [-0.05, 0) is 12.5 Å². The maximum absolute atomic E-state index is 5.76. The predicted octanol–water partition coefficient (Wildman–Crippen LogP) is 2.16. The predicted molar refractivity (Wildman–Crippen MR) is 57.2 cm³/mol. The average Bonchev–Trinajstić information content (AvgIpc) is 2.04. The van der Waals surface area contributed by atoms with E-state index in [0.717, 1.165) is 18.8 Å². The topological polar surface area (TPSA) is 42.2 Å². The van der Waals surface area contributed by atoms with E-state index in [2.05, 4.69) is 11.9 Å². The molecule has 0 aromatic carbocycles. The molecule has 1 aromatic heterocycles. The fourth-order valence-corrected chi connectivity index (χ4v) is 1.37. The summed E-state index contributed by atoms with van der Waals surface area (Å²) in [7, 11) is 1.97. The van der Waals surface area contributed by atoms with Gasteiger partial charge in [0.05, 0.1) is 10.7 Å². The molecule has 3 nitrogen and oxygen atoms in total. The Balaban J connectivity index is 2.88. The van der Waals surface area contributed by atoms with Crippen molar-refractivity contribution in [1.82, 2.24) is 4.98 Å². The van der Waals surface area contributed by atoms with Crippen molar-refractivity contribution in [3.63, 3.8) is 0 Å². The molecule has 0 saturated heterocycles. The zero-order chi connectivity index (χ0) is 9.84. The molecule has 72 valence electrons. The third-order valence-electron chi connectivity index (χ3n) is 1.78. The van der Waals surface area contributed by atoms with E-state index in [1.54, 1.807) is 12.3 Å². The van der Waals surface area contributed by atoms with Gasteiger partial charge in [-0.2, -0.15) is 0 Å². The van der Waals surface area contributed by atoms with Crippen LogP contribution in [0.3, 0.4) is 0 Å². The van der Waals surface area contributed by atoms with Gasteiger partial charge in [0.1, 0.15) is 0 Å². The maximum atomic E-state index is 5.76. The molecule has 0 spiro atoms. The van der Waals surface area contributed by atoms with Gasteiger partial charge >= 0.3 is 0 Å². The summed E-state index contributed by atoms with van der Waals surface area (Å²) in [6, 6.07) is 1.72. The minimum atomic E-state index is 0.575. The van der Waals surface area contributed by atoms with Crippen LogP contribution in [0.25, 0.3) is 0 Å². The fraction of sp³-hybridized carbons (Fsp3) is 0.444. The van der Waals surface area contributed by atoms with Crippen LogP contribution < -0.4 is 10.6 Å². The Morgan fingerprint density at radius 2 is 2.31 bits per heavy atom. The van der Waals surface area contributed by atoms with Gasteiger partial charge in [-0.1, -0.05) is 18.5 Å². The Morgan fingerprint density at radius 1 is 1.62 bits per heavy atom. The van der Waals surface area contributed by atoms with Gasteiger partial charge in [-0.25, -0.2) is 4.98 Å². The lowest BCUT2D eigenvalue weighted by atomic mass is 10.3. The SMILES string of the molecule is CCCN(C)c1ncc(Cl)cc1N. The molecule has 1 aromatic rings. The van der Waals surface area contributed by atoms with E-state index in [0.29, 0.717) is 10.7 Å². The lowest BCUT2D eigenvalue weighted by Gasteiger charge is -2.18. The van der Waals surface area contributed by atoms with Crippen molar-refractivity contribution in [3.05, 3.63) is 17.3 Å². The normalized spacial score (nSPS) is 10.1. The number of halogens is 1. The molecule has 0 bridgehead atoms. The van der Waals surface area contributed by atoms with E-state index < -0.39 is 0 Å². The molecular weight excluding hydrogens is 186 g/mol. The average molecular weight is 200 g/mol. The molecule has 0 radical (unpaired) electrons. The maximum Gasteiger partial charge on any atom is 0.151 e. The molecule has 0 fully saturated rings. The molecule has 2 N–H and O–H groups in total. The minimum absolute atomic E-state index is 0.575. The van der Waals surface area contributed by atoms with Crippen LogP contribution in [0.1, 0.15) is 13.3 Å². The number of aromatic nitrogens is 1. The van der Waals surface area contributed by atoms with Crippen LogP contribution >= 0.6 is 11.6 Å². The van der Waals surface area contributed by atoms with E-state index in [4.69, 9.17) is 17.3 Å². The van der Waals surface area contributed by atoms with Crippen LogP contribution in [0.5, 0.6) is 0 Å². The molecule has 0 aliphatic carbocycles. The molecule has 0 amide bonds. The number of hydrogen-bond donors (Lipinski definition) is 1. The number of nitrogens with zero attached hydrogens (tertiary/aromatic N) is 2. The van der Waals surface area contributed by atoms with Crippen molar-refractivity contribution in [2.75, 3.05) is 24.2 Å². The van der Waals surface area contributed by atoms with Crippen LogP contribution in [0.15, 0.2) is 12.3 Å². The van der Waals surface area contributed by atoms with Gasteiger partial charge in [-0.15, -0.1) is 0 Å². The number of nitrogens with two attached hydrogens (primary N) is 1. The first-order valence-corrected chi connectivity index (χ1v) is 4.65. The number of hydrogen-bond acceptors (Lipinski definition) is 3. The summed E-state index contributed by atoms with van der Waals surface area (Å²) in [5.74, 6) is 0.797. The number of pyridine rings is 1. The van der Waals surface area contributed by atoms with Crippen molar-refractivity contribution < 1.29 is 0 Å². The summed E-state index contributed by atoms with van der Waals surface area (Å²) in [4.78, 5) is 6.18. The number of rotatable bonds is 3. The summed E-state index contributed by atoms with van der Waals surface area (Å²) < 4.78 is 0. The third kappa shape index (κ3) is 2.49. The second kappa shape index (κ2) is 4.33. The van der Waals surface area contributed by atoms with E-state index in [9.17, 15) is 0 Å². The lowest BCUT2D eigenvalue weighted by Crippen LogP contribution is -2.20. The summed E-state index contributed by atoms with van der Waals surface area (Å²) in [6.45, 7) is 3.06. The Hall–Kier alpha value is -0.960. The highest BCUT2D eigenvalue weighted by atomic mass is 35.5. The van der Waals surface area contributed by atoms with Crippen LogP contribution in [0, 0.1) is 0 Å². The first-order chi connectivity index (χ1) is 6.15. The molecule has 1 heterocycles. The van der Waals surface area contributed by atoms with Gasteiger partial charge in [0, 0.05) is 19.8 Å². The minimum Gasteiger partial charge on any atom is -0.396 e. The quantitative estimate of drug-likeness (QED) is 0.812. The highest BCUT2D eigenvalue weighted by molar-refractivity contribution is 6.30. The summed E-state index contributed by atoms with van der Waals surface area (Å²) in [6.07, 6.45) is 2.68. The first kappa shape index (κ1) is 10.1. The van der Waals surface area contributed by atoms with E-state index in [-0.39, 0.29) is 0 Å². The highest BCUT2D eigenvalue weighted by Crippen LogP contribution is 2.22. The summed E-state index contributed by atoms with van der Waals surface area (Å²) in [5, 5.41) is 0.575. The van der Waals surface area contributed by atoms with Gasteiger partial charge in [0.2, 0.25) is 0 Å². The zero-order valence-corrected chi connectivity index (χ0v) is 8.67. The van der Waals surface area contributed by atoms with Gasteiger partial charge in [0.25, 0.3) is 0 Å². The van der Waals surface area contributed by atoms with E-state index in [1.165, 1.54) is 0 Å². The Kier molecular flexibility index (Phi) is 3.37. The Morgan fingerprint density at radius 3 is 2.85 bits per heavy atom. The van der Waals surface area contributed by atoms with E-state index in [1.807, 2.05) is 11.9 Å². The third-order valence-corrected chi connectivity index (χ3v) is 1.99. The standard InChI is InChI=1S/C9H14ClN3/c1-3-4-13(2)9-8(11)5-7(10)6-12-9/h5-6H,3-4,11H2,1-2H3. The Bertz CT molecular complexity index is 288. The molecule has 0 aliphatic heterocycles. The van der Waals surface area contributed by atoms with Crippen LogP contribution in [0.4, 0.5) is 11.5 Å². The zero-order valence-electron chi connectivity index (χ0n) is 7.92. The molecular formula is C9H14ClN3. The summed E-state index contributed by atoms with van der Waals surface area (Å²) in [5.41, 5.74) is 6.39. The van der Waals surface area contributed by atoms with Crippen molar-refractivity contribution in [3.8, 4) is 0 Å². The molecule has 4 heteroatoms. The molecule has 0 aliphatic rings. The number of anilines is 2. The fourth-order valence-electron chi connectivity index (χ4n) is 1.21. The lowest BCUT2D eigenvalue weighted by molar-refractivity contribution is 0.839. The number of nitrogen functional groups attached to an aromatic ring is 1. The van der Waals surface area contributed by atoms with E-state index >= 15 is 0 Å². The Labute approximate surface area is 83.5 Å². The molecule has 0 atom stereocenters. The highest BCUT2D eigenvalue weighted by Gasteiger charge is 2.05. The van der Waals surface area contributed by atoms with Crippen molar-refractivity contribution in [2.24, 2.45) is 0 Å². The monoisotopic (exact) mass is 199 g/mol. The second-order valence-corrected chi connectivity index (χ2v) is 3.42. The van der Waals surface area contributed by atoms with Crippen molar-refractivity contribution in [2.45, 2.75) is 13.3 Å². The molecule has 0 unspecified atom stereocenters. The smallest absolute Gasteiger partial charge is 0.151 e. The summed E-state index contributed by atoms with van der Waals surface area (Å²) >= 11 is 5.74. The first-order valence-electron chi connectivity index (χ1n) is 4.27.